The molecule has 0 saturated carbocycles. The average molecular weight is 523 g/mol. The van der Waals surface area contributed by atoms with Crippen LogP contribution in [0.3, 0.4) is 0 Å². The Morgan fingerprint density at radius 1 is 0.892 bits per heavy atom. The number of rotatable bonds is 9. The summed E-state index contributed by atoms with van der Waals surface area (Å²) in [4.78, 5) is 13.2. The quantitative estimate of drug-likeness (QED) is 0.322. The zero-order valence-corrected chi connectivity index (χ0v) is 22.5. The highest BCUT2D eigenvalue weighted by Gasteiger charge is 2.32. The molecule has 0 aliphatic carbocycles. The highest BCUT2D eigenvalue weighted by Crippen LogP contribution is 2.37. The number of pyridine rings is 1. The summed E-state index contributed by atoms with van der Waals surface area (Å²) >= 11 is 0. The number of para-hydroxylation sites is 1. The first-order chi connectivity index (χ1) is 17.7. The largest absolute Gasteiger partial charge is 0.494 e. The molecule has 4 rings (SSSR count). The fraction of sp³-hybridized carbons (Fsp3) is 0.346. The first-order valence-corrected chi connectivity index (χ1v) is 13.5. The average Bonchev–Trinajstić information content (AvgIpc) is 3.29. The van der Waals surface area contributed by atoms with Crippen LogP contribution in [0.1, 0.15) is 42.7 Å². The van der Waals surface area contributed by atoms with E-state index in [-0.39, 0.29) is 17.5 Å². The van der Waals surface area contributed by atoms with E-state index < -0.39 is 15.1 Å². The number of aromatic nitrogens is 6. The Balaban J connectivity index is 1.83. The Kier molecular flexibility index (Phi) is 7.53. The standard InChI is InChI=1S/C26H30N6O4S/c1-16-9-7-10-20(29-16)26-31-30-24(32(26)25-22(35-5)11-8-12-23(25)36-6)15-37(33,34)19(4)18(3)21-14-27-17(2)13-28-21/h7-14,18-19H,15H2,1-6H3/t18-,19-/m0/s1. The normalized spacial score (nSPS) is 13.2. The van der Waals surface area contributed by atoms with E-state index in [1.165, 1.54) is 14.2 Å². The Labute approximate surface area is 216 Å². The topological polar surface area (TPSA) is 122 Å². The zero-order chi connectivity index (χ0) is 26.7. The molecule has 0 aliphatic rings. The van der Waals surface area contributed by atoms with Crippen molar-refractivity contribution in [3.05, 3.63) is 71.7 Å². The maximum atomic E-state index is 13.7. The predicted octanol–water partition coefficient (Wildman–Crippen LogP) is 3.86. The molecule has 0 radical (unpaired) electrons. The van der Waals surface area contributed by atoms with Gasteiger partial charge in [0.2, 0.25) is 0 Å². The van der Waals surface area contributed by atoms with E-state index in [0.29, 0.717) is 34.4 Å². The van der Waals surface area contributed by atoms with Gasteiger partial charge in [-0.3, -0.25) is 14.5 Å². The monoisotopic (exact) mass is 522 g/mol. The molecular weight excluding hydrogens is 492 g/mol. The minimum atomic E-state index is -3.71. The molecule has 0 spiro atoms. The Bertz CT molecular complexity index is 1480. The van der Waals surface area contributed by atoms with Crippen LogP contribution in [0, 0.1) is 13.8 Å². The van der Waals surface area contributed by atoms with E-state index in [4.69, 9.17) is 9.47 Å². The molecule has 0 unspecified atom stereocenters. The van der Waals surface area contributed by atoms with Gasteiger partial charge in [0.25, 0.3) is 0 Å². The first kappa shape index (κ1) is 26.2. The van der Waals surface area contributed by atoms with Crippen LogP contribution in [0.25, 0.3) is 17.2 Å². The molecule has 10 nitrogen and oxygen atoms in total. The molecule has 37 heavy (non-hydrogen) atoms. The van der Waals surface area contributed by atoms with Crippen molar-refractivity contribution in [2.24, 2.45) is 0 Å². The zero-order valence-electron chi connectivity index (χ0n) is 21.7. The lowest BCUT2D eigenvalue weighted by Crippen LogP contribution is -2.27. The van der Waals surface area contributed by atoms with Crippen molar-refractivity contribution in [2.45, 2.75) is 44.6 Å². The molecular formula is C26H30N6O4S. The fourth-order valence-corrected chi connectivity index (χ4v) is 5.60. The van der Waals surface area contributed by atoms with Crippen molar-refractivity contribution in [3.63, 3.8) is 0 Å². The van der Waals surface area contributed by atoms with Gasteiger partial charge in [-0.05, 0) is 45.0 Å². The van der Waals surface area contributed by atoms with Crippen LogP contribution >= 0.6 is 0 Å². The smallest absolute Gasteiger partial charge is 0.187 e. The van der Waals surface area contributed by atoms with Crippen LogP contribution < -0.4 is 9.47 Å². The Hall–Kier alpha value is -3.86. The molecule has 0 bridgehead atoms. The van der Waals surface area contributed by atoms with Gasteiger partial charge in [0.1, 0.15) is 28.6 Å². The van der Waals surface area contributed by atoms with E-state index >= 15 is 0 Å². The third kappa shape index (κ3) is 5.31. The van der Waals surface area contributed by atoms with Crippen molar-refractivity contribution in [1.29, 1.82) is 0 Å². The number of hydrogen-bond acceptors (Lipinski definition) is 9. The van der Waals surface area contributed by atoms with Crippen molar-refractivity contribution in [2.75, 3.05) is 14.2 Å². The van der Waals surface area contributed by atoms with Crippen molar-refractivity contribution < 1.29 is 17.9 Å². The van der Waals surface area contributed by atoms with Crippen LogP contribution in [0.4, 0.5) is 0 Å². The van der Waals surface area contributed by atoms with E-state index in [0.717, 1.165) is 11.4 Å². The van der Waals surface area contributed by atoms with Gasteiger partial charge in [-0.1, -0.05) is 19.1 Å². The molecule has 1 aromatic carbocycles. The summed E-state index contributed by atoms with van der Waals surface area (Å²) in [6, 6.07) is 10.9. The minimum absolute atomic E-state index is 0.218. The lowest BCUT2D eigenvalue weighted by atomic mass is 10.1. The molecule has 0 N–H and O–H groups in total. The second-order valence-electron chi connectivity index (χ2n) is 8.83. The lowest BCUT2D eigenvalue weighted by Gasteiger charge is -2.21. The summed E-state index contributed by atoms with van der Waals surface area (Å²) in [5, 5.41) is 7.92. The fourth-order valence-electron chi connectivity index (χ4n) is 4.03. The Morgan fingerprint density at radius 2 is 1.57 bits per heavy atom. The summed E-state index contributed by atoms with van der Waals surface area (Å²) in [6.45, 7) is 7.21. The second-order valence-corrected chi connectivity index (χ2v) is 11.2. The number of benzene rings is 1. The number of sulfone groups is 1. The SMILES string of the molecule is COc1cccc(OC)c1-n1c(CS(=O)(=O)[C@@H](C)[C@H](C)c2cnc(C)cn2)nnc1-c1cccc(C)n1. The highest BCUT2D eigenvalue weighted by molar-refractivity contribution is 7.91. The Morgan fingerprint density at radius 3 is 2.16 bits per heavy atom. The third-order valence-corrected chi connectivity index (χ3v) is 8.54. The molecule has 0 amide bonds. The summed E-state index contributed by atoms with van der Waals surface area (Å²) in [6.07, 6.45) is 3.26. The van der Waals surface area contributed by atoms with E-state index in [9.17, 15) is 8.42 Å². The highest BCUT2D eigenvalue weighted by atomic mass is 32.2. The van der Waals surface area contributed by atoms with E-state index in [2.05, 4.69) is 25.1 Å². The van der Waals surface area contributed by atoms with E-state index in [1.54, 1.807) is 48.1 Å². The molecule has 4 aromatic rings. The number of aryl methyl sites for hydroxylation is 2. The first-order valence-electron chi connectivity index (χ1n) is 11.8. The van der Waals surface area contributed by atoms with Crippen LogP contribution in [-0.2, 0) is 15.6 Å². The molecule has 3 heterocycles. The lowest BCUT2D eigenvalue weighted by molar-refractivity contribution is 0.390. The minimum Gasteiger partial charge on any atom is -0.494 e. The van der Waals surface area contributed by atoms with Crippen LogP contribution in [-0.4, -0.2) is 57.6 Å². The molecule has 194 valence electrons. The number of hydrogen-bond donors (Lipinski definition) is 0. The van der Waals surface area contributed by atoms with Crippen LogP contribution in [0.5, 0.6) is 11.5 Å². The second kappa shape index (κ2) is 10.6. The van der Waals surface area contributed by atoms with E-state index in [1.807, 2.05) is 32.9 Å². The van der Waals surface area contributed by atoms with Crippen molar-refractivity contribution in [3.8, 4) is 28.7 Å². The van der Waals surface area contributed by atoms with Gasteiger partial charge in [0, 0.05) is 24.0 Å². The molecule has 2 atom stereocenters. The van der Waals surface area contributed by atoms with Crippen LogP contribution in [0.2, 0.25) is 0 Å². The van der Waals surface area contributed by atoms with Gasteiger partial charge in [-0.2, -0.15) is 0 Å². The van der Waals surface area contributed by atoms with Gasteiger partial charge in [-0.25, -0.2) is 13.4 Å². The van der Waals surface area contributed by atoms with Gasteiger partial charge >= 0.3 is 0 Å². The summed E-state index contributed by atoms with van der Waals surface area (Å²) in [5.74, 6) is 0.800. The van der Waals surface area contributed by atoms with Gasteiger partial charge in [-0.15, -0.1) is 10.2 Å². The maximum absolute atomic E-state index is 13.7. The summed E-state index contributed by atoms with van der Waals surface area (Å²) in [5.41, 5.74) is 3.20. The summed E-state index contributed by atoms with van der Waals surface area (Å²) < 4.78 is 40.2. The van der Waals surface area contributed by atoms with Gasteiger partial charge in [0.15, 0.2) is 21.5 Å². The maximum Gasteiger partial charge on any atom is 0.187 e. The molecule has 11 heteroatoms. The van der Waals surface area contributed by atoms with Crippen molar-refractivity contribution >= 4 is 9.84 Å². The number of methoxy groups -OCH3 is 2. The third-order valence-electron chi connectivity index (χ3n) is 6.34. The molecule has 0 aliphatic heterocycles. The number of nitrogens with zero attached hydrogens (tertiary/aromatic N) is 6. The van der Waals surface area contributed by atoms with Crippen molar-refractivity contribution in [1.82, 2.24) is 29.7 Å². The van der Waals surface area contributed by atoms with Gasteiger partial charge in [0.05, 0.1) is 30.9 Å². The van der Waals surface area contributed by atoms with Gasteiger partial charge < -0.3 is 9.47 Å². The number of ether oxygens (including phenoxy) is 2. The summed E-state index contributed by atoms with van der Waals surface area (Å²) in [7, 11) is -0.635. The van der Waals surface area contributed by atoms with Crippen LogP contribution in [0.15, 0.2) is 48.8 Å². The molecule has 0 fully saturated rings. The molecule has 0 saturated heterocycles. The molecule has 3 aromatic heterocycles. The predicted molar refractivity (Wildman–Crippen MR) is 140 cm³/mol.